The molecule has 3 aromatic rings. The fourth-order valence-corrected chi connectivity index (χ4v) is 3.22. The normalized spacial score (nSPS) is 14.2. The minimum atomic E-state index is -2.39. The third-order valence-electron chi connectivity index (χ3n) is 5.03. The highest BCUT2D eigenvalue weighted by Gasteiger charge is 2.31. The van der Waals surface area contributed by atoms with E-state index in [2.05, 4.69) is 4.74 Å². The Morgan fingerprint density at radius 1 is 1.00 bits per heavy atom. The van der Waals surface area contributed by atoms with E-state index in [-0.39, 0.29) is 28.5 Å². The Bertz CT molecular complexity index is 1480. The van der Waals surface area contributed by atoms with Crippen LogP contribution in [0.3, 0.4) is 0 Å². The molecule has 0 bridgehead atoms. The summed E-state index contributed by atoms with van der Waals surface area (Å²) in [5, 5.41) is 10.9. The van der Waals surface area contributed by atoms with E-state index < -0.39 is 57.6 Å². The van der Waals surface area contributed by atoms with Gasteiger partial charge in [-0.05, 0) is 30.7 Å². The predicted octanol–water partition coefficient (Wildman–Crippen LogP) is 5.28. The highest BCUT2D eigenvalue weighted by atomic mass is 19.2. The number of carbonyl (C=O) groups is 2. The number of nitro benzene ring substituents is 1. The summed E-state index contributed by atoms with van der Waals surface area (Å²) in [6.45, 7) is 0.952. The number of fused-ring (bicyclic) bond motifs is 1. The fraction of sp³-hybridized carbons (Fsp3) is 0.0833. The Kier molecular flexibility index (Phi) is 6.62. The lowest BCUT2D eigenvalue weighted by atomic mass is 10.1. The third kappa shape index (κ3) is 4.83. The number of allylic oxidation sites excluding steroid dienone is 1. The van der Waals surface area contributed by atoms with E-state index >= 15 is 0 Å². The number of non-ortho nitro benzene ring substituents is 1. The number of esters is 1. The Labute approximate surface area is 203 Å². The molecule has 4 rings (SSSR count). The van der Waals surface area contributed by atoms with E-state index in [4.69, 9.17) is 9.47 Å². The largest absolute Gasteiger partial charge is 0.473 e. The summed E-state index contributed by atoms with van der Waals surface area (Å²) in [5.74, 6) is -15.3. The number of benzene rings is 3. The first-order valence-electron chi connectivity index (χ1n) is 10.2. The molecule has 190 valence electrons. The monoisotopic (exact) mass is 521 g/mol. The number of hydrogen-bond donors (Lipinski definition) is 0. The van der Waals surface area contributed by atoms with Gasteiger partial charge in [0.05, 0.1) is 10.5 Å². The lowest BCUT2D eigenvalue weighted by molar-refractivity contribution is -0.384. The molecule has 0 radical (unpaired) electrons. The first kappa shape index (κ1) is 25.3. The standard InChI is InChI=1S/C24H12F5NO7/c1-10(35-23-20(28)18(26)17(25)19(27)21(23)29)24(32)36-13-5-6-14-15(9-13)37-16(22(14)31)8-11-3-2-4-12(7-11)30(33)34/h2-10H,1H3/b16-8-. The SMILES string of the molecule is CC(Oc1c(F)c(F)c(F)c(F)c1F)C(=O)Oc1ccc2c(c1)O/C(=C\c1cccc([N+](=O)[O-])c1)C2=O. The molecule has 0 fully saturated rings. The third-order valence-corrected chi connectivity index (χ3v) is 5.03. The molecule has 37 heavy (non-hydrogen) atoms. The highest BCUT2D eigenvalue weighted by molar-refractivity contribution is 6.14. The van der Waals surface area contributed by atoms with Crippen molar-refractivity contribution in [1.29, 1.82) is 0 Å². The van der Waals surface area contributed by atoms with Crippen LogP contribution < -0.4 is 14.2 Å². The number of carbonyl (C=O) groups excluding carboxylic acids is 2. The topological polar surface area (TPSA) is 105 Å². The quantitative estimate of drug-likeness (QED) is 0.0635. The smallest absolute Gasteiger partial charge is 0.352 e. The van der Waals surface area contributed by atoms with Gasteiger partial charge in [-0.1, -0.05) is 12.1 Å². The maximum absolute atomic E-state index is 13.8. The molecule has 1 heterocycles. The molecular formula is C24H12F5NO7. The van der Waals surface area contributed by atoms with E-state index in [9.17, 15) is 41.7 Å². The van der Waals surface area contributed by atoms with Gasteiger partial charge in [-0.3, -0.25) is 14.9 Å². The van der Waals surface area contributed by atoms with Crippen molar-refractivity contribution in [3.05, 3.63) is 98.6 Å². The Balaban J connectivity index is 1.50. The van der Waals surface area contributed by atoms with Crippen molar-refractivity contribution in [3.63, 3.8) is 0 Å². The van der Waals surface area contributed by atoms with E-state index in [1.807, 2.05) is 0 Å². The Morgan fingerprint density at radius 3 is 2.30 bits per heavy atom. The van der Waals surface area contributed by atoms with Crippen molar-refractivity contribution >= 4 is 23.5 Å². The molecule has 0 spiro atoms. The van der Waals surface area contributed by atoms with Crippen LogP contribution in [0, 0.1) is 39.2 Å². The molecule has 0 saturated carbocycles. The maximum Gasteiger partial charge on any atom is 0.352 e. The van der Waals surface area contributed by atoms with Crippen LogP contribution in [0.2, 0.25) is 0 Å². The van der Waals surface area contributed by atoms with Gasteiger partial charge in [-0.15, -0.1) is 0 Å². The predicted molar refractivity (Wildman–Crippen MR) is 114 cm³/mol. The minimum Gasteiger partial charge on any atom is -0.473 e. The molecule has 13 heteroatoms. The molecule has 1 aliphatic rings. The minimum absolute atomic E-state index is 0.0275. The maximum atomic E-state index is 13.8. The van der Waals surface area contributed by atoms with Crippen LogP contribution in [0.1, 0.15) is 22.8 Å². The average molecular weight is 521 g/mol. The summed E-state index contributed by atoms with van der Waals surface area (Å²) in [6.07, 6.45) is -0.533. The van der Waals surface area contributed by atoms with Gasteiger partial charge in [0.15, 0.2) is 17.6 Å². The Hall–Kier alpha value is -4.81. The zero-order valence-electron chi connectivity index (χ0n) is 18.4. The van der Waals surface area contributed by atoms with Gasteiger partial charge < -0.3 is 14.2 Å². The summed E-state index contributed by atoms with van der Waals surface area (Å²) in [5.41, 5.74) is 0.201. The van der Waals surface area contributed by atoms with Crippen molar-refractivity contribution in [2.75, 3.05) is 0 Å². The van der Waals surface area contributed by atoms with Crippen LogP contribution >= 0.6 is 0 Å². The van der Waals surface area contributed by atoms with Crippen molar-refractivity contribution in [1.82, 2.24) is 0 Å². The van der Waals surface area contributed by atoms with Gasteiger partial charge in [-0.25, -0.2) is 18.0 Å². The summed E-state index contributed by atoms with van der Waals surface area (Å²) in [4.78, 5) is 35.2. The number of halogens is 5. The molecule has 0 saturated heterocycles. The molecule has 0 aromatic heterocycles. The lowest BCUT2D eigenvalue weighted by Gasteiger charge is -2.15. The van der Waals surface area contributed by atoms with Crippen molar-refractivity contribution in [2.24, 2.45) is 0 Å². The fourth-order valence-electron chi connectivity index (χ4n) is 3.22. The summed E-state index contributed by atoms with van der Waals surface area (Å²) >= 11 is 0. The Morgan fingerprint density at radius 2 is 1.65 bits per heavy atom. The number of ether oxygens (including phenoxy) is 3. The number of nitro groups is 1. The van der Waals surface area contributed by atoms with Crippen LogP contribution in [0.15, 0.2) is 48.2 Å². The van der Waals surface area contributed by atoms with E-state index in [1.54, 1.807) is 0 Å². The summed E-state index contributed by atoms with van der Waals surface area (Å²) in [7, 11) is 0. The van der Waals surface area contributed by atoms with E-state index in [0.29, 0.717) is 5.56 Å². The van der Waals surface area contributed by atoms with Crippen LogP contribution in [-0.2, 0) is 4.79 Å². The molecule has 1 unspecified atom stereocenters. The number of hydrogen-bond acceptors (Lipinski definition) is 7. The average Bonchev–Trinajstić information content (AvgIpc) is 3.18. The van der Waals surface area contributed by atoms with Crippen LogP contribution in [0.25, 0.3) is 6.08 Å². The zero-order valence-corrected chi connectivity index (χ0v) is 18.4. The van der Waals surface area contributed by atoms with Crippen molar-refractivity contribution < 1.29 is 50.7 Å². The molecule has 0 N–H and O–H groups in total. The molecule has 1 atom stereocenters. The zero-order chi connectivity index (χ0) is 27.0. The second kappa shape index (κ2) is 9.68. The molecule has 3 aromatic carbocycles. The van der Waals surface area contributed by atoms with Crippen LogP contribution in [-0.4, -0.2) is 22.8 Å². The number of rotatable bonds is 6. The van der Waals surface area contributed by atoms with Crippen molar-refractivity contribution in [3.8, 4) is 17.2 Å². The first-order valence-corrected chi connectivity index (χ1v) is 10.2. The van der Waals surface area contributed by atoms with Gasteiger partial charge in [0, 0.05) is 18.2 Å². The molecule has 8 nitrogen and oxygen atoms in total. The first-order chi connectivity index (χ1) is 17.5. The number of Topliss-reactive ketones (excluding diaryl/α,β-unsaturated/α-hetero) is 1. The second-order valence-corrected chi connectivity index (χ2v) is 7.53. The van der Waals surface area contributed by atoms with Gasteiger partial charge in [0.1, 0.15) is 11.5 Å². The summed E-state index contributed by atoms with van der Waals surface area (Å²) < 4.78 is 82.6. The number of ketones is 1. The van der Waals surface area contributed by atoms with E-state index in [1.165, 1.54) is 42.5 Å². The molecule has 0 amide bonds. The highest BCUT2D eigenvalue weighted by Crippen LogP contribution is 2.35. The summed E-state index contributed by atoms with van der Waals surface area (Å²) in [6, 6.07) is 9.02. The van der Waals surface area contributed by atoms with Crippen LogP contribution in [0.4, 0.5) is 27.6 Å². The lowest BCUT2D eigenvalue weighted by Crippen LogP contribution is -2.29. The van der Waals surface area contributed by atoms with Crippen molar-refractivity contribution in [2.45, 2.75) is 13.0 Å². The van der Waals surface area contributed by atoms with Gasteiger partial charge in [0.25, 0.3) is 5.69 Å². The van der Waals surface area contributed by atoms with Crippen LogP contribution in [0.5, 0.6) is 17.2 Å². The second-order valence-electron chi connectivity index (χ2n) is 7.53. The van der Waals surface area contributed by atoms with Gasteiger partial charge in [0.2, 0.25) is 34.9 Å². The molecular weight excluding hydrogens is 509 g/mol. The number of nitrogens with zero attached hydrogens (tertiary/aromatic N) is 1. The van der Waals surface area contributed by atoms with Gasteiger partial charge >= 0.3 is 5.97 Å². The van der Waals surface area contributed by atoms with E-state index in [0.717, 1.165) is 13.0 Å². The van der Waals surface area contributed by atoms with Gasteiger partial charge in [-0.2, -0.15) is 8.78 Å². The molecule has 0 aliphatic carbocycles. The molecule has 1 aliphatic heterocycles.